The summed E-state index contributed by atoms with van der Waals surface area (Å²) in [7, 11) is 1.57. The Morgan fingerprint density at radius 1 is 1.40 bits per heavy atom. The van der Waals surface area contributed by atoms with Crippen LogP contribution in [0, 0.1) is 10.1 Å². The predicted molar refractivity (Wildman–Crippen MR) is 76.2 cm³/mol. The van der Waals surface area contributed by atoms with Gasteiger partial charge in [0.05, 0.1) is 12.0 Å². The van der Waals surface area contributed by atoms with Crippen LogP contribution in [0.3, 0.4) is 0 Å². The standard InChI is InChI=1S/C13H12ClN3O3/c1-20-11-5-3-2-4-9(11)8-16-13-12(17(18)19)10(14)6-7-15-13/h2-7H,8H2,1H3,(H,15,16). The Morgan fingerprint density at radius 2 is 2.15 bits per heavy atom. The molecule has 0 aliphatic heterocycles. The van der Waals surface area contributed by atoms with E-state index < -0.39 is 4.92 Å². The average molecular weight is 294 g/mol. The Kier molecular flexibility index (Phi) is 4.37. The molecule has 7 heteroatoms. The zero-order valence-corrected chi connectivity index (χ0v) is 11.4. The van der Waals surface area contributed by atoms with Crippen molar-refractivity contribution in [3.63, 3.8) is 0 Å². The quantitative estimate of drug-likeness (QED) is 0.676. The molecule has 0 amide bonds. The van der Waals surface area contributed by atoms with Gasteiger partial charge in [0, 0.05) is 18.3 Å². The molecule has 0 spiro atoms. The Morgan fingerprint density at radius 3 is 2.85 bits per heavy atom. The molecule has 6 nitrogen and oxygen atoms in total. The van der Waals surface area contributed by atoms with Gasteiger partial charge in [0.1, 0.15) is 10.8 Å². The lowest BCUT2D eigenvalue weighted by molar-refractivity contribution is -0.384. The number of nitro groups is 1. The largest absolute Gasteiger partial charge is 0.496 e. The number of pyridine rings is 1. The van der Waals surface area contributed by atoms with Gasteiger partial charge in [0.15, 0.2) is 0 Å². The van der Waals surface area contributed by atoms with E-state index in [0.717, 1.165) is 5.56 Å². The molecular weight excluding hydrogens is 282 g/mol. The van der Waals surface area contributed by atoms with Crippen LogP contribution in [0.5, 0.6) is 5.75 Å². The third kappa shape index (κ3) is 2.97. The SMILES string of the molecule is COc1ccccc1CNc1nccc(Cl)c1[N+](=O)[O-]. The third-order valence-corrected chi connectivity index (χ3v) is 3.00. The van der Waals surface area contributed by atoms with E-state index >= 15 is 0 Å². The van der Waals surface area contributed by atoms with Crippen molar-refractivity contribution in [1.29, 1.82) is 0 Å². The lowest BCUT2D eigenvalue weighted by atomic mass is 10.2. The van der Waals surface area contributed by atoms with E-state index in [4.69, 9.17) is 16.3 Å². The summed E-state index contributed by atoms with van der Waals surface area (Å²) in [5.41, 5.74) is 0.634. The first kappa shape index (κ1) is 14.1. The molecule has 0 fully saturated rings. The highest BCUT2D eigenvalue weighted by Gasteiger charge is 2.19. The van der Waals surface area contributed by atoms with Crippen molar-refractivity contribution in [2.24, 2.45) is 0 Å². The van der Waals surface area contributed by atoms with E-state index in [2.05, 4.69) is 10.3 Å². The maximum atomic E-state index is 11.0. The zero-order chi connectivity index (χ0) is 14.5. The predicted octanol–water partition coefficient (Wildman–Crippen LogP) is 3.26. The molecule has 1 aromatic heterocycles. The Balaban J connectivity index is 2.23. The summed E-state index contributed by atoms with van der Waals surface area (Å²) in [4.78, 5) is 14.4. The summed E-state index contributed by atoms with van der Waals surface area (Å²) in [5, 5.41) is 14.0. The van der Waals surface area contributed by atoms with Crippen LogP contribution >= 0.6 is 11.6 Å². The van der Waals surface area contributed by atoms with Crippen molar-refractivity contribution in [3.8, 4) is 5.75 Å². The molecule has 1 aromatic carbocycles. The van der Waals surface area contributed by atoms with Crippen LogP contribution in [0.25, 0.3) is 0 Å². The van der Waals surface area contributed by atoms with Gasteiger partial charge in [0.25, 0.3) is 0 Å². The van der Waals surface area contributed by atoms with Gasteiger partial charge in [-0.3, -0.25) is 10.1 Å². The molecule has 0 bridgehead atoms. The van der Waals surface area contributed by atoms with E-state index in [1.54, 1.807) is 7.11 Å². The zero-order valence-electron chi connectivity index (χ0n) is 10.7. The second kappa shape index (κ2) is 6.21. The summed E-state index contributed by atoms with van der Waals surface area (Å²) in [6.45, 7) is 0.345. The number of hydrogen-bond donors (Lipinski definition) is 1. The van der Waals surface area contributed by atoms with Crippen LogP contribution in [0.15, 0.2) is 36.5 Å². The number of para-hydroxylation sites is 1. The number of anilines is 1. The summed E-state index contributed by atoms with van der Waals surface area (Å²) < 4.78 is 5.21. The fraction of sp³-hybridized carbons (Fsp3) is 0.154. The molecule has 0 saturated heterocycles. The number of nitrogens with one attached hydrogen (secondary N) is 1. The maximum Gasteiger partial charge on any atom is 0.329 e. The fourth-order valence-electron chi connectivity index (χ4n) is 1.76. The lowest BCUT2D eigenvalue weighted by Gasteiger charge is -2.10. The number of benzene rings is 1. The van der Waals surface area contributed by atoms with Gasteiger partial charge in [-0.1, -0.05) is 29.8 Å². The topological polar surface area (TPSA) is 77.3 Å². The Labute approximate surface area is 120 Å². The molecule has 0 unspecified atom stereocenters. The number of hydrogen-bond acceptors (Lipinski definition) is 5. The number of aromatic nitrogens is 1. The number of rotatable bonds is 5. The van der Waals surface area contributed by atoms with Crippen molar-refractivity contribution < 1.29 is 9.66 Å². The van der Waals surface area contributed by atoms with Crippen molar-refractivity contribution in [2.45, 2.75) is 6.54 Å². The first-order valence-corrected chi connectivity index (χ1v) is 6.16. The van der Waals surface area contributed by atoms with E-state index in [1.807, 2.05) is 24.3 Å². The molecule has 2 rings (SSSR count). The minimum Gasteiger partial charge on any atom is -0.496 e. The van der Waals surface area contributed by atoms with Gasteiger partial charge in [-0.05, 0) is 12.1 Å². The summed E-state index contributed by atoms with van der Waals surface area (Å²) in [5.74, 6) is 0.832. The summed E-state index contributed by atoms with van der Waals surface area (Å²) in [6, 6.07) is 8.77. The molecule has 0 aliphatic rings. The van der Waals surface area contributed by atoms with Crippen molar-refractivity contribution in [1.82, 2.24) is 4.98 Å². The normalized spacial score (nSPS) is 10.1. The number of methoxy groups -OCH3 is 1. The molecule has 0 saturated carbocycles. The highest BCUT2D eigenvalue weighted by Crippen LogP contribution is 2.31. The molecule has 2 aromatic rings. The van der Waals surface area contributed by atoms with Crippen LogP contribution in [-0.4, -0.2) is 17.0 Å². The second-order valence-corrected chi connectivity index (χ2v) is 4.32. The average Bonchev–Trinajstić information content (AvgIpc) is 2.45. The number of ether oxygens (including phenoxy) is 1. The highest BCUT2D eigenvalue weighted by molar-refractivity contribution is 6.33. The van der Waals surface area contributed by atoms with Gasteiger partial charge in [-0.15, -0.1) is 0 Å². The third-order valence-electron chi connectivity index (χ3n) is 2.70. The van der Waals surface area contributed by atoms with Crippen molar-refractivity contribution in [2.75, 3.05) is 12.4 Å². The van der Waals surface area contributed by atoms with E-state index in [9.17, 15) is 10.1 Å². The molecule has 1 heterocycles. The number of nitrogens with zero attached hydrogens (tertiary/aromatic N) is 2. The van der Waals surface area contributed by atoms with E-state index in [1.165, 1.54) is 12.3 Å². The minimum absolute atomic E-state index is 0.0486. The fourth-order valence-corrected chi connectivity index (χ4v) is 1.98. The summed E-state index contributed by atoms with van der Waals surface area (Å²) >= 11 is 5.82. The van der Waals surface area contributed by atoms with E-state index in [0.29, 0.717) is 12.3 Å². The maximum absolute atomic E-state index is 11.0. The van der Waals surface area contributed by atoms with Gasteiger partial charge < -0.3 is 10.1 Å². The van der Waals surface area contributed by atoms with Gasteiger partial charge in [-0.2, -0.15) is 0 Å². The molecule has 104 valence electrons. The highest BCUT2D eigenvalue weighted by atomic mass is 35.5. The van der Waals surface area contributed by atoms with Crippen molar-refractivity contribution >= 4 is 23.1 Å². The molecule has 20 heavy (non-hydrogen) atoms. The molecule has 0 atom stereocenters. The first-order valence-electron chi connectivity index (χ1n) is 5.78. The Hall–Kier alpha value is -2.34. The molecular formula is C13H12ClN3O3. The van der Waals surface area contributed by atoms with Gasteiger partial charge in [-0.25, -0.2) is 4.98 Å². The summed E-state index contributed by atoms with van der Waals surface area (Å²) in [6.07, 6.45) is 1.42. The van der Waals surface area contributed by atoms with E-state index in [-0.39, 0.29) is 16.5 Å². The van der Waals surface area contributed by atoms with Crippen LogP contribution < -0.4 is 10.1 Å². The molecule has 0 radical (unpaired) electrons. The van der Waals surface area contributed by atoms with Crippen LogP contribution in [-0.2, 0) is 6.54 Å². The van der Waals surface area contributed by atoms with Crippen molar-refractivity contribution in [3.05, 3.63) is 57.2 Å². The van der Waals surface area contributed by atoms with Crippen LogP contribution in [0.2, 0.25) is 5.02 Å². The lowest BCUT2D eigenvalue weighted by Crippen LogP contribution is -2.06. The van der Waals surface area contributed by atoms with Gasteiger partial charge >= 0.3 is 5.69 Å². The first-order chi connectivity index (χ1) is 9.63. The monoisotopic (exact) mass is 293 g/mol. The molecule has 0 aliphatic carbocycles. The smallest absolute Gasteiger partial charge is 0.329 e. The minimum atomic E-state index is -0.556. The number of halogens is 1. The molecule has 1 N–H and O–H groups in total. The second-order valence-electron chi connectivity index (χ2n) is 3.91. The Bertz CT molecular complexity index is 634. The van der Waals surface area contributed by atoms with Crippen LogP contribution in [0.1, 0.15) is 5.56 Å². The van der Waals surface area contributed by atoms with Gasteiger partial charge in [0.2, 0.25) is 5.82 Å². The van der Waals surface area contributed by atoms with Crippen LogP contribution in [0.4, 0.5) is 11.5 Å².